The second kappa shape index (κ2) is 4.74. The minimum absolute atomic E-state index is 0.0305. The van der Waals surface area contributed by atoms with Gasteiger partial charge in [-0.25, -0.2) is 4.98 Å². The van der Waals surface area contributed by atoms with Crippen LogP contribution >= 0.6 is 11.3 Å². The summed E-state index contributed by atoms with van der Waals surface area (Å²) in [6.07, 6.45) is 5.75. The number of hydrogen-bond acceptors (Lipinski definition) is 4. The summed E-state index contributed by atoms with van der Waals surface area (Å²) in [5, 5.41) is 8.99. The predicted molar refractivity (Wildman–Crippen MR) is 68.4 cm³/mol. The quantitative estimate of drug-likeness (QED) is 0.865. The number of thiazole rings is 1. The molecule has 1 aliphatic carbocycles. The van der Waals surface area contributed by atoms with E-state index in [0.717, 1.165) is 30.2 Å². The molecule has 5 heteroatoms. The molecule has 1 atom stereocenters. The van der Waals surface area contributed by atoms with Crippen LogP contribution < -0.4 is 10.6 Å². The van der Waals surface area contributed by atoms with Gasteiger partial charge in [0.25, 0.3) is 0 Å². The lowest BCUT2D eigenvalue weighted by Crippen LogP contribution is -2.43. The van der Waals surface area contributed by atoms with E-state index in [4.69, 9.17) is 0 Å². The van der Waals surface area contributed by atoms with Gasteiger partial charge in [0.2, 0.25) is 5.91 Å². The molecule has 1 saturated carbocycles. The van der Waals surface area contributed by atoms with Crippen molar-refractivity contribution >= 4 is 22.4 Å². The minimum Gasteiger partial charge on any atom is -0.306 e. The molecule has 92 valence electrons. The lowest BCUT2D eigenvalue weighted by molar-refractivity contribution is -0.118. The lowest BCUT2D eigenvalue weighted by Gasteiger charge is -2.21. The molecule has 1 amide bonds. The van der Waals surface area contributed by atoms with Crippen LogP contribution in [0, 0.1) is 0 Å². The maximum Gasteiger partial charge on any atom is 0.243 e. The highest BCUT2D eigenvalue weighted by atomic mass is 32.1. The molecule has 2 heterocycles. The Hall–Kier alpha value is -0.940. The Bertz CT molecular complexity index is 408. The van der Waals surface area contributed by atoms with Crippen LogP contribution in [0.25, 0.3) is 0 Å². The van der Waals surface area contributed by atoms with Gasteiger partial charge in [-0.3, -0.25) is 4.79 Å². The fourth-order valence-corrected chi connectivity index (χ4v) is 2.97. The normalized spacial score (nSPS) is 24.6. The molecular formula is C12H17N3OS. The molecule has 2 fully saturated rings. The summed E-state index contributed by atoms with van der Waals surface area (Å²) in [5.74, 6) is 0.728. The van der Waals surface area contributed by atoms with E-state index in [0.29, 0.717) is 5.92 Å². The van der Waals surface area contributed by atoms with Crippen LogP contribution in [0.15, 0.2) is 5.38 Å². The second-order valence-corrected chi connectivity index (χ2v) is 5.70. The van der Waals surface area contributed by atoms with Gasteiger partial charge in [0.1, 0.15) is 0 Å². The van der Waals surface area contributed by atoms with E-state index < -0.39 is 0 Å². The van der Waals surface area contributed by atoms with Crippen molar-refractivity contribution in [2.75, 3.05) is 11.9 Å². The SMILES string of the molecule is O=C(Nc1nc(C2CC2)cs1)[C@H]1CCCCN1. The molecule has 17 heavy (non-hydrogen) atoms. The van der Waals surface area contributed by atoms with E-state index in [1.807, 2.05) is 0 Å². The van der Waals surface area contributed by atoms with E-state index in [1.54, 1.807) is 0 Å². The van der Waals surface area contributed by atoms with Gasteiger partial charge in [0.05, 0.1) is 11.7 Å². The molecule has 1 aliphatic heterocycles. The van der Waals surface area contributed by atoms with Crippen molar-refractivity contribution in [3.05, 3.63) is 11.1 Å². The van der Waals surface area contributed by atoms with Crippen LogP contribution in [0.1, 0.15) is 43.7 Å². The Morgan fingerprint density at radius 2 is 2.29 bits per heavy atom. The number of carbonyl (C=O) groups is 1. The number of rotatable bonds is 3. The van der Waals surface area contributed by atoms with Crippen LogP contribution in [-0.4, -0.2) is 23.5 Å². The van der Waals surface area contributed by atoms with Gasteiger partial charge in [0, 0.05) is 11.3 Å². The van der Waals surface area contributed by atoms with Crippen molar-refractivity contribution in [1.29, 1.82) is 0 Å². The fourth-order valence-electron chi connectivity index (χ4n) is 2.18. The predicted octanol–water partition coefficient (Wildman–Crippen LogP) is 2.10. The smallest absolute Gasteiger partial charge is 0.243 e. The van der Waals surface area contributed by atoms with Crippen molar-refractivity contribution in [2.45, 2.75) is 44.1 Å². The Morgan fingerprint density at radius 1 is 1.41 bits per heavy atom. The maximum absolute atomic E-state index is 12.0. The monoisotopic (exact) mass is 251 g/mol. The summed E-state index contributed by atoms with van der Waals surface area (Å²) in [6.45, 7) is 0.948. The Labute approximate surface area is 105 Å². The lowest BCUT2D eigenvalue weighted by atomic mass is 10.0. The van der Waals surface area contributed by atoms with Gasteiger partial charge in [-0.1, -0.05) is 6.42 Å². The van der Waals surface area contributed by atoms with Crippen LogP contribution in [0.5, 0.6) is 0 Å². The van der Waals surface area contributed by atoms with Crippen molar-refractivity contribution in [2.24, 2.45) is 0 Å². The molecule has 0 bridgehead atoms. The summed E-state index contributed by atoms with van der Waals surface area (Å²) in [5.41, 5.74) is 1.15. The first-order valence-corrected chi connectivity index (χ1v) is 7.20. The van der Waals surface area contributed by atoms with Gasteiger partial charge in [-0.2, -0.15) is 0 Å². The summed E-state index contributed by atoms with van der Waals surface area (Å²) in [7, 11) is 0. The third kappa shape index (κ3) is 2.66. The number of hydrogen-bond donors (Lipinski definition) is 2. The standard InChI is InChI=1S/C12H17N3OS/c16-11(9-3-1-2-6-13-9)15-12-14-10(7-17-12)8-4-5-8/h7-9,13H,1-6H2,(H,14,15,16)/t9-/m1/s1. The van der Waals surface area contributed by atoms with E-state index in [1.165, 1.54) is 30.6 Å². The molecule has 3 rings (SSSR count). The molecule has 0 spiro atoms. The number of nitrogens with zero attached hydrogens (tertiary/aromatic N) is 1. The molecule has 1 aromatic heterocycles. The summed E-state index contributed by atoms with van der Waals surface area (Å²) in [6, 6.07) is -0.0305. The highest BCUT2D eigenvalue weighted by molar-refractivity contribution is 7.13. The third-order valence-corrected chi connectivity index (χ3v) is 4.15. The van der Waals surface area contributed by atoms with E-state index in [-0.39, 0.29) is 11.9 Å². The fraction of sp³-hybridized carbons (Fsp3) is 0.667. The average Bonchev–Trinajstić information content (AvgIpc) is 3.12. The molecule has 1 aromatic rings. The van der Waals surface area contributed by atoms with Crippen LogP contribution in [0.2, 0.25) is 0 Å². The molecule has 0 aromatic carbocycles. The highest BCUT2D eigenvalue weighted by Gasteiger charge is 2.27. The molecule has 4 nitrogen and oxygen atoms in total. The van der Waals surface area contributed by atoms with Gasteiger partial charge in [-0.05, 0) is 32.2 Å². The summed E-state index contributed by atoms with van der Waals surface area (Å²) in [4.78, 5) is 16.4. The molecule has 1 saturated heterocycles. The second-order valence-electron chi connectivity index (χ2n) is 4.84. The Kier molecular flexibility index (Phi) is 3.11. The number of anilines is 1. The number of piperidine rings is 1. The van der Waals surface area contributed by atoms with Crippen LogP contribution in [-0.2, 0) is 4.79 Å². The van der Waals surface area contributed by atoms with Crippen molar-refractivity contribution in [3.8, 4) is 0 Å². The van der Waals surface area contributed by atoms with Crippen molar-refractivity contribution < 1.29 is 4.79 Å². The number of amides is 1. The molecule has 2 N–H and O–H groups in total. The van der Waals surface area contributed by atoms with Gasteiger partial charge >= 0.3 is 0 Å². The van der Waals surface area contributed by atoms with Crippen LogP contribution in [0.4, 0.5) is 5.13 Å². The zero-order valence-electron chi connectivity index (χ0n) is 9.74. The van der Waals surface area contributed by atoms with E-state index in [9.17, 15) is 4.79 Å². The zero-order valence-corrected chi connectivity index (χ0v) is 10.6. The van der Waals surface area contributed by atoms with E-state index in [2.05, 4.69) is 21.0 Å². The van der Waals surface area contributed by atoms with Crippen molar-refractivity contribution in [1.82, 2.24) is 10.3 Å². The number of aromatic nitrogens is 1. The maximum atomic E-state index is 12.0. The third-order valence-electron chi connectivity index (χ3n) is 3.37. The average molecular weight is 251 g/mol. The summed E-state index contributed by atoms with van der Waals surface area (Å²) < 4.78 is 0. The Morgan fingerprint density at radius 3 is 3.00 bits per heavy atom. The topological polar surface area (TPSA) is 54.0 Å². The largest absolute Gasteiger partial charge is 0.306 e. The minimum atomic E-state index is -0.0305. The first-order chi connectivity index (χ1) is 8.33. The first-order valence-electron chi connectivity index (χ1n) is 6.32. The molecule has 0 radical (unpaired) electrons. The van der Waals surface area contributed by atoms with Gasteiger partial charge < -0.3 is 10.6 Å². The summed E-state index contributed by atoms with van der Waals surface area (Å²) >= 11 is 1.54. The van der Waals surface area contributed by atoms with Gasteiger partial charge in [0.15, 0.2) is 5.13 Å². The number of carbonyl (C=O) groups excluding carboxylic acids is 1. The first kappa shape index (κ1) is 11.2. The van der Waals surface area contributed by atoms with Crippen molar-refractivity contribution in [3.63, 3.8) is 0 Å². The van der Waals surface area contributed by atoms with E-state index >= 15 is 0 Å². The highest BCUT2D eigenvalue weighted by Crippen LogP contribution is 2.40. The molecule has 0 unspecified atom stereocenters. The zero-order chi connectivity index (χ0) is 11.7. The molecular weight excluding hydrogens is 234 g/mol. The molecule has 2 aliphatic rings. The van der Waals surface area contributed by atoms with Gasteiger partial charge in [-0.15, -0.1) is 11.3 Å². The number of nitrogens with one attached hydrogen (secondary N) is 2. The Balaban J connectivity index is 1.58. The van der Waals surface area contributed by atoms with Crippen LogP contribution in [0.3, 0.4) is 0 Å².